The summed E-state index contributed by atoms with van der Waals surface area (Å²) < 4.78 is 16.1. The lowest BCUT2D eigenvalue weighted by molar-refractivity contribution is 0.0717. The highest BCUT2D eigenvalue weighted by Gasteiger charge is 2.16. The standard InChI is InChI=1S/C24H22O6/c1-15(2)21-14-20(29-23(26)17-6-10-19(28-3)11-7-17)12-13-22(21)30-24(27)16-4-8-18(25)9-5-16/h4-15,25H,1-3H3. The third-order valence-corrected chi connectivity index (χ3v) is 4.45. The van der Waals surface area contributed by atoms with Crippen LogP contribution in [0.1, 0.15) is 46.0 Å². The largest absolute Gasteiger partial charge is 0.508 e. The molecule has 0 aliphatic carbocycles. The average molecular weight is 406 g/mol. The highest BCUT2D eigenvalue weighted by molar-refractivity contribution is 5.92. The Bertz CT molecular complexity index is 1040. The molecule has 154 valence electrons. The maximum atomic E-state index is 12.4. The Kier molecular flexibility index (Phi) is 6.37. The summed E-state index contributed by atoms with van der Waals surface area (Å²) in [7, 11) is 1.55. The number of aromatic hydroxyl groups is 1. The Morgan fingerprint density at radius 2 is 1.30 bits per heavy atom. The predicted molar refractivity (Wildman–Crippen MR) is 112 cm³/mol. The third kappa shape index (κ3) is 4.97. The molecule has 0 saturated heterocycles. The van der Waals surface area contributed by atoms with Crippen molar-refractivity contribution in [2.24, 2.45) is 0 Å². The van der Waals surface area contributed by atoms with Gasteiger partial charge in [-0.15, -0.1) is 0 Å². The monoisotopic (exact) mass is 406 g/mol. The van der Waals surface area contributed by atoms with Gasteiger partial charge < -0.3 is 19.3 Å². The van der Waals surface area contributed by atoms with E-state index in [0.29, 0.717) is 28.4 Å². The number of hydrogen-bond acceptors (Lipinski definition) is 6. The van der Waals surface area contributed by atoms with E-state index in [4.69, 9.17) is 14.2 Å². The second kappa shape index (κ2) is 9.13. The quantitative estimate of drug-likeness (QED) is 0.460. The van der Waals surface area contributed by atoms with Gasteiger partial charge in [-0.2, -0.15) is 0 Å². The summed E-state index contributed by atoms with van der Waals surface area (Å²) in [6.07, 6.45) is 0. The smallest absolute Gasteiger partial charge is 0.343 e. The summed E-state index contributed by atoms with van der Waals surface area (Å²) in [5.41, 5.74) is 1.43. The lowest BCUT2D eigenvalue weighted by Gasteiger charge is -2.15. The first-order chi connectivity index (χ1) is 14.4. The van der Waals surface area contributed by atoms with Gasteiger partial charge in [-0.05, 0) is 72.6 Å². The second-order valence-electron chi connectivity index (χ2n) is 6.91. The zero-order valence-corrected chi connectivity index (χ0v) is 16.9. The number of carbonyl (C=O) groups is 2. The zero-order valence-electron chi connectivity index (χ0n) is 16.9. The summed E-state index contributed by atoms with van der Waals surface area (Å²) in [5, 5.41) is 9.36. The van der Waals surface area contributed by atoms with Gasteiger partial charge in [-0.1, -0.05) is 13.8 Å². The lowest BCUT2D eigenvalue weighted by Crippen LogP contribution is -2.11. The van der Waals surface area contributed by atoms with Crippen molar-refractivity contribution in [3.63, 3.8) is 0 Å². The van der Waals surface area contributed by atoms with Crippen LogP contribution in [0.5, 0.6) is 23.0 Å². The molecule has 3 aromatic rings. The number of ether oxygens (including phenoxy) is 3. The zero-order chi connectivity index (χ0) is 21.7. The minimum atomic E-state index is -0.542. The summed E-state index contributed by atoms with van der Waals surface area (Å²) in [6.45, 7) is 3.89. The normalized spacial score (nSPS) is 10.5. The molecule has 0 unspecified atom stereocenters. The van der Waals surface area contributed by atoms with E-state index in [2.05, 4.69) is 0 Å². The fourth-order valence-corrected chi connectivity index (χ4v) is 2.78. The Morgan fingerprint density at radius 1 is 0.767 bits per heavy atom. The minimum Gasteiger partial charge on any atom is -0.508 e. The molecule has 30 heavy (non-hydrogen) atoms. The van der Waals surface area contributed by atoms with E-state index in [-0.39, 0.29) is 11.7 Å². The van der Waals surface area contributed by atoms with E-state index < -0.39 is 11.9 Å². The number of methoxy groups -OCH3 is 1. The van der Waals surface area contributed by atoms with Crippen LogP contribution in [0, 0.1) is 0 Å². The summed E-state index contributed by atoms with van der Waals surface area (Å²) in [6, 6.07) is 17.3. The molecule has 6 nitrogen and oxygen atoms in total. The molecule has 0 fully saturated rings. The van der Waals surface area contributed by atoms with Crippen LogP contribution in [0.25, 0.3) is 0 Å². The van der Waals surface area contributed by atoms with Crippen molar-refractivity contribution in [1.29, 1.82) is 0 Å². The number of carbonyl (C=O) groups excluding carboxylic acids is 2. The van der Waals surface area contributed by atoms with Crippen molar-refractivity contribution in [3.8, 4) is 23.0 Å². The van der Waals surface area contributed by atoms with Crippen LogP contribution in [0.4, 0.5) is 0 Å². The highest BCUT2D eigenvalue weighted by Crippen LogP contribution is 2.31. The summed E-state index contributed by atoms with van der Waals surface area (Å²) in [5.74, 6) is 0.426. The molecule has 0 heterocycles. The van der Waals surface area contributed by atoms with E-state index in [0.717, 1.165) is 5.56 Å². The maximum absolute atomic E-state index is 12.4. The molecule has 3 aromatic carbocycles. The molecule has 3 rings (SSSR count). The minimum absolute atomic E-state index is 0.0206. The molecule has 0 atom stereocenters. The molecule has 0 aliphatic rings. The highest BCUT2D eigenvalue weighted by atomic mass is 16.5. The molecular weight excluding hydrogens is 384 g/mol. The molecule has 0 spiro atoms. The number of phenols is 1. The van der Waals surface area contributed by atoms with E-state index in [1.807, 2.05) is 13.8 Å². The molecule has 0 aliphatic heterocycles. The van der Waals surface area contributed by atoms with E-state index in [1.165, 1.54) is 24.3 Å². The lowest BCUT2D eigenvalue weighted by atomic mass is 10.0. The van der Waals surface area contributed by atoms with Crippen LogP contribution in [0.15, 0.2) is 66.7 Å². The number of rotatable bonds is 6. The topological polar surface area (TPSA) is 82.1 Å². The van der Waals surface area contributed by atoms with Gasteiger partial charge in [-0.25, -0.2) is 9.59 Å². The number of phenolic OH excluding ortho intramolecular Hbond substituents is 1. The molecule has 0 radical (unpaired) electrons. The van der Waals surface area contributed by atoms with Crippen molar-refractivity contribution < 1.29 is 28.9 Å². The maximum Gasteiger partial charge on any atom is 0.343 e. The summed E-state index contributed by atoms with van der Waals surface area (Å²) >= 11 is 0. The van der Waals surface area contributed by atoms with E-state index in [9.17, 15) is 14.7 Å². The van der Waals surface area contributed by atoms with Gasteiger partial charge in [-0.3, -0.25) is 0 Å². The predicted octanol–water partition coefficient (Wildman–Crippen LogP) is 4.96. The Balaban J connectivity index is 1.78. The van der Waals surface area contributed by atoms with Gasteiger partial charge in [0.2, 0.25) is 0 Å². The molecule has 0 amide bonds. The molecular formula is C24H22O6. The van der Waals surface area contributed by atoms with Crippen molar-refractivity contribution in [1.82, 2.24) is 0 Å². The van der Waals surface area contributed by atoms with Gasteiger partial charge >= 0.3 is 11.9 Å². The Hall–Kier alpha value is -3.80. The third-order valence-electron chi connectivity index (χ3n) is 4.45. The fourth-order valence-electron chi connectivity index (χ4n) is 2.78. The van der Waals surface area contributed by atoms with Gasteiger partial charge in [0.25, 0.3) is 0 Å². The van der Waals surface area contributed by atoms with Crippen molar-refractivity contribution in [2.45, 2.75) is 19.8 Å². The molecule has 6 heteroatoms. The van der Waals surface area contributed by atoms with Gasteiger partial charge in [0, 0.05) is 5.56 Å². The average Bonchev–Trinajstić information content (AvgIpc) is 2.75. The molecule has 0 aromatic heterocycles. The van der Waals surface area contributed by atoms with Gasteiger partial charge in [0.05, 0.1) is 18.2 Å². The van der Waals surface area contributed by atoms with Gasteiger partial charge in [0.1, 0.15) is 23.0 Å². The molecule has 1 N–H and O–H groups in total. The molecule has 0 bridgehead atoms. The number of benzene rings is 3. The van der Waals surface area contributed by atoms with E-state index in [1.54, 1.807) is 49.6 Å². The van der Waals surface area contributed by atoms with Crippen LogP contribution >= 0.6 is 0 Å². The second-order valence-corrected chi connectivity index (χ2v) is 6.91. The fraction of sp³-hybridized carbons (Fsp3) is 0.167. The Labute approximate surface area is 174 Å². The number of esters is 2. The molecule has 0 saturated carbocycles. The first-order valence-corrected chi connectivity index (χ1v) is 9.38. The summed E-state index contributed by atoms with van der Waals surface area (Å²) in [4.78, 5) is 24.8. The van der Waals surface area contributed by atoms with Crippen molar-refractivity contribution in [3.05, 3.63) is 83.4 Å². The first kappa shape index (κ1) is 20.9. The van der Waals surface area contributed by atoms with Crippen LogP contribution in [0.3, 0.4) is 0 Å². The number of hydrogen-bond donors (Lipinski definition) is 1. The van der Waals surface area contributed by atoms with E-state index >= 15 is 0 Å². The van der Waals surface area contributed by atoms with Crippen molar-refractivity contribution in [2.75, 3.05) is 7.11 Å². The Morgan fingerprint density at radius 3 is 1.87 bits per heavy atom. The van der Waals surface area contributed by atoms with Gasteiger partial charge in [0.15, 0.2) is 0 Å². The van der Waals surface area contributed by atoms with Crippen LogP contribution < -0.4 is 14.2 Å². The first-order valence-electron chi connectivity index (χ1n) is 9.38. The SMILES string of the molecule is COc1ccc(C(=O)Oc2ccc(OC(=O)c3ccc(O)cc3)c(C(C)C)c2)cc1. The van der Waals surface area contributed by atoms with Crippen LogP contribution in [-0.4, -0.2) is 24.2 Å². The van der Waals surface area contributed by atoms with Crippen LogP contribution in [-0.2, 0) is 0 Å². The van der Waals surface area contributed by atoms with Crippen LogP contribution in [0.2, 0.25) is 0 Å². The van der Waals surface area contributed by atoms with Crippen molar-refractivity contribution >= 4 is 11.9 Å².